The van der Waals surface area contributed by atoms with Gasteiger partial charge in [-0.15, -0.1) is 0 Å². The van der Waals surface area contributed by atoms with Gasteiger partial charge >= 0.3 is 6.18 Å². The Balaban J connectivity index is 1.42. The highest BCUT2D eigenvalue weighted by atomic mass is 19.4. The standard InChI is InChI=1S/C25H33F5/c1-2-3-4-15-5-6-17-12-18(8-7-16(17)11-15)19-9-10-21-20(13-19)14-22(26)23(24(21)27)25(28,29)30/h14-19H,2-13H2,1H3. The van der Waals surface area contributed by atoms with Crippen molar-refractivity contribution in [3.8, 4) is 0 Å². The molecule has 0 bridgehead atoms. The number of alkyl halides is 3. The molecule has 5 heteroatoms. The summed E-state index contributed by atoms with van der Waals surface area (Å²) in [4.78, 5) is 0. The summed E-state index contributed by atoms with van der Waals surface area (Å²) in [7, 11) is 0. The van der Waals surface area contributed by atoms with Crippen LogP contribution in [0.1, 0.15) is 87.8 Å². The van der Waals surface area contributed by atoms with Crippen LogP contribution in [0.15, 0.2) is 6.07 Å². The second-order valence-electron chi connectivity index (χ2n) is 10.1. The number of benzene rings is 1. The molecule has 2 saturated carbocycles. The molecule has 0 N–H and O–H groups in total. The third-order valence-corrected chi connectivity index (χ3v) is 8.34. The van der Waals surface area contributed by atoms with Crippen LogP contribution in [0, 0.1) is 41.2 Å². The zero-order valence-electron chi connectivity index (χ0n) is 17.8. The van der Waals surface area contributed by atoms with Crippen LogP contribution in [0.5, 0.6) is 0 Å². The monoisotopic (exact) mass is 428 g/mol. The van der Waals surface area contributed by atoms with Crippen LogP contribution < -0.4 is 0 Å². The zero-order chi connectivity index (χ0) is 21.5. The lowest BCUT2D eigenvalue weighted by atomic mass is 9.60. The average molecular weight is 429 g/mol. The molecule has 0 radical (unpaired) electrons. The number of rotatable bonds is 4. The van der Waals surface area contributed by atoms with Crippen molar-refractivity contribution >= 4 is 0 Å². The van der Waals surface area contributed by atoms with Crippen LogP contribution in [-0.4, -0.2) is 0 Å². The molecule has 0 saturated heterocycles. The molecule has 0 spiro atoms. The molecular formula is C25H33F5. The summed E-state index contributed by atoms with van der Waals surface area (Å²) in [5, 5.41) is 0. The van der Waals surface area contributed by atoms with Crippen molar-refractivity contribution in [3.05, 3.63) is 34.4 Å². The van der Waals surface area contributed by atoms with Gasteiger partial charge in [-0.05, 0) is 98.1 Å². The van der Waals surface area contributed by atoms with E-state index in [1.165, 1.54) is 51.4 Å². The zero-order valence-corrected chi connectivity index (χ0v) is 17.8. The van der Waals surface area contributed by atoms with Crippen LogP contribution in [0.2, 0.25) is 0 Å². The summed E-state index contributed by atoms with van der Waals surface area (Å²) in [6.07, 6.45) is 8.08. The molecule has 0 aromatic heterocycles. The van der Waals surface area contributed by atoms with Gasteiger partial charge in [0.1, 0.15) is 17.2 Å². The van der Waals surface area contributed by atoms with Gasteiger partial charge in [0.15, 0.2) is 0 Å². The van der Waals surface area contributed by atoms with E-state index in [0.29, 0.717) is 36.7 Å². The van der Waals surface area contributed by atoms with E-state index in [1.807, 2.05) is 0 Å². The van der Waals surface area contributed by atoms with Crippen LogP contribution in [-0.2, 0) is 19.0 Å². The third-order valence-electron chi connectivity index (χ3n) is 8.34. The molecule has 0 amide bonds. The molecule has 0 heterocycles. The van der Waals surface area contributed by atoms with Gasteiger partial charge in [0.05, 0.1) is 0 Å². The van der Waals surface area contributed by atoms with Crippen molar-refractivity contribution in [3.63, 3.8) is 0 Å². The van der Waals surface area contributed by atoms with Crippen molar-refractivity contribution in [2.24, 2.45) is 29.6 Å². The Bertz CT molecular complexity index is 753. The molecule has 30 heavy (non-hydrogen) atoms. The lowest BCUT2D eigenvalue weighted by molar-refractivity contribution is -0.142. The van der Waals surface area contributed by atoms with Crippen LogP contribution >= 0.6 is 0 Å². The highest BCUT2D eigenvalue weighted by Gasteiger charge is 2.42. The fourth-order valence-electron chi connectivity index (χ4n) is 6.74. The van der Waals surface area contributed by atoms with Crippen molar-refractivity contribution in [1.82, 2.24) is 0 Å². The van der Waals surface area contributed by atoms with Gasteiger partial charge in [0.2, 0.25) is 0 Å². The number of fused-ring (bicyclic) bond motifs is 2. The van der Waals surface area contributed by atoms with Gasteiger partial charge in [-0.3, -0.25) is 0 Å². The molecule has 4 rings (SSSR count). The number of hydrogen-bond acceptors (Lipinski definition) is 0. The highest BCUT2D eigenvalue weighted by Crippen LogP contribution is 2.49. The highest BCUT2D eigenvalue weighted by molar-refractivity contribution is 5.38. The Hall–Kier alpha value is -1.13. The average Bonchev–Trinajstić information content (AvgIpc) is 2.70. The molecule has 3 aliphatic carbocycles. The second-order valence-corrected chi connectivity index (χ2v) is 10.1. The molecule has 0 nitrogen and oxygen atoms in total. The number of halogens is 5. The van der Waals surface area contributed by atoms with Crippen molar-refractivity contribution in [2.75, 3.05) is 0 Å². The van der Waals surface area contributed by atoms with Crippen molar-refractivity contribution in [2.45, 2.75) is 90.1 Å². The van der Waals surface area contributed by atoms with Gasteiger partial charge < -0.3 is 0 Å². The number of hydrogen-bond donors (Lipinski definition) is 0. The largest absolute Gasteiger partial charge is 0.422 e. The first-order chi connectivity index (χ1) is 14.3. The van der Waals surface area contributed by atoms with Gasteiger partial charge in [-0.2, -0.15) is 13.2 Å². The fourth-order valence-corrected chi connectivity index (χ4v) is 6.74. The SMILES string of the molecule is CCCCC1CCC2CC(C3CCc4c(cc(F)c(C(F)(F)F)c4F)C3)CCC2C1. The number of unbranched alkanes of at least 4 members (excludes halogenated alkanes) is 1. The molecule has 168 valence electrons. The summed E-state index contributed by atoms with van der Waals surface area (Å²) >= 11 is 0. The molecule has 0 aliphatic heterocycles. The van der Waals surface area contributed by atoms with Gasteiger partial charge in [-0.1, -0.05) is 32.6 Å². The Morgan fingerprint density at radius 2 is 1.57 bits per heavy atom. The molecule has 1 aromatic rings. The normalized spacial score (nSPS) is 31.9. The van der Waals surface area contributed by atoms with Crippen LogP contribution in [0.4, 0.5) is 22.0 Å². The molecule has 1 aromatic carbocycles. The Labute approximate surface area is 176 Å². The lowest BCUT2D eigenvalue weighted by Gasteiger charge is -2.45. The van der Waals surface area contributed by atoms with E-state index < -0.39 is 23.4 Å². The maximum absolute atomic E-state index is 14.5. The fraction of sp³-hybridized carbons (Fsp3) is 0.760. The maximum Gasteiger partial charge on any atom is 0.422 e. The van der Waals surface area contributed by atoms with Crippen LogP contribution in [0.3, 0.4) is 0 Å². The van der Waals surface area contributed by atoms with Gasteiger partial charge in [-0.25, -0.2) is 8.78 Å². The molecule has 2 fully saturated rings. The van der Waals surface area contributed by atoms with Crippen molar-refractivity contribution < 1.29 is 22.0 Å². The van der Waals surface area contributed by atoms with E-state index in [1.54, 1.807) is 0 Å². The summed E-state index contributed by atoms with van der Waals surface area (Å²) in [5.74, 6) is 0.518. The summed E-state index contributed by atoms with van der Waals surface area (Å²) in [6, 6.07) is 0.956. The minimum Gasteiger partial charge on any atom is -0.206 e. The first-order valence-corrected chi connectivity index (χ1v) is 11.8. The summed E-state index contributed by atoms with van der Waals surface area (Å²) < 4.78 is 67.6. The first kappa shape index (κ1) is 22.1. The smallest absolute Gasteiger partial charge is 0.206 e. The van der Waals surface area contributed by atoms with E-state index in [-0.39, 0.29) is 5.56 Å². The molecule has 5 unspecified atom stereocenters. The molecular weight excluding hydrogens is 395 g/mol. The predicted molar refractivity (Wildman–Crippen MR) is 108 cm³/mol. The minimum absolute atomic E-state index is 0.0880. The lowest BCUT2D eigenvalue weighted by Crippen LogP contribution is -2.35. The van der Waals surface area contributed by atoms with Crippen LogP contribution in [0.25, 0.3) is 0 Å². The van der Waals surface area contributed by atoms with E-state index in [4.69, 9.17) is 0 Å². The van der Waals surface area contributed by atoms with Crippen molar-refractivity contribution in [1.29, 1.82) is 0 Å². The van der Waals surface area contributed by atoms with E-state index in [0.717, 1.165) is 30.2 Å². The maximum atomic E-state index is 14.5. The van der Waals surface area contributed by atoms with E-state index in [2.05, 4.69) is 6.92 Å². The summed E-state index contributed by atoms with van der Waals surface area (Å²) in [5.41, 5.74) is -1.18. The Morgan fingerprint density at radius 1 is 0.900 bits per heavy atom. The third kappa shape index (κ3) is 4.41. The van der Waals surface area contributed by atoms with Gasteiger partial charge in [0.25, 0.3) is 0 Å². The quantitative estimate of drug-likeness (QED) is 0.425. The first-order valence-electron chi connectivity index (χ1n) is 11.8. The minimum atomic E-state index is -4.99. The summed E-state index contributed by atoms with van der Waals surface area (Å²) in [6.45, 7) is 2.25. The topological polar surface area (TPSA) is 0 Å². The predicted octanol–water partition coefficient (Wildman–Crippen LogP) is 8.11. The molecule has 5 atom stereocenters. The Kier molecular flexibility index (Phi) is 6.46. The second kappa shape index (κ2) is 8.78. The van der Waals surface area contributed by atoms with E-state index >= 15 is 0 Å². The Morgan fingerprint density at radius 3 is 2.27 bits per heavy atom. The van der Waals surface area contributed by atoms with Gasteiger partial charge in [0, 0.05) is 0 Å². The molecule has 3 aliphatic rings. The van der Waals surface area contributed by atoms with E-state index in [9.17, 15) is 22.0 Å².